The van der Waals surface area contributed by atoms with Gasteiger partial charge in [0, 0.05) is 17.4 Å². The zero-order valence-electron chi connectivity index (χ0n) is 12.8. The molecular weight excluding hydrogens is 287 g/mol. The molecular formula is C16H23FN2OS. The molecule has 0 bridgehead atoms. The summed E-state index contributed by atoms with van der Waals surface area (Å²) >= 11 is 1.70. The van der Waals surface area contributed by atoms with Gasteiger partial charge < -0.3 is 4.90 Å². The zero-order chi connectivity index (χ0) is 15.4. The van der Waals surface area contributed by atoms with E-state index in [0.717, 1.165) is 18.6 Å². The topological polar surface area (TPSA) is 32.3 Å². The van der Waals surface area contributed by atoms with Gasteiger partial charge in [-0.15, -0.1) is 0 Å². The van der Waals surface area contributed by atoms with Crippen LogP contribution in [0.1, 0.15) is 38.4 Å². The lowest BCUT2D eigenvalue weighted by atomic mass is 10.1. The highest BCUT2D eigenvalue weighted by Gasteiger charge is 2.42. The molecule has 0 spiro atoms. The van der Waals surface area contributed by atoms with Crippen molar-refractivity contribution in [2.75, 3.05) is 12.0 Å². The zero-order valence-corrected chi connectivity index (χ0v) is 13.6. The molecule has 3 nitrogen and oxygen atoms in total. The van der Waals surface area contributed by atoms with Crippen molar-refractivity contribution in [3.8, 4) is 0 Å². The lowest BCUT2D eigenvalue weighted by molar-refractivity contribution is -0.131. The minimum absolute atomic E-state index is 0.0754. The van der Waals surface area contributed by atoms with E-state index in [2.05, 4.69) is 12.2 Å². The molecule has 5 heteroatoms. The van der Waals surface area contributed by atoms with Crippen LogP contribution in [0.2, 0.25) is 0 Å². The first-order valence-electron chi connectivity index (χ1n) is 7.41. The number of halogens is 1. The Morgan fingerprint density at radius 2 is 2.14 bits per heavy atom. The van der Waals surface area contributed by atoms with Crippen LogP contribution in [0.5, 0.6) is 0 Å². The standard InChI is InChI=1S/C16H23FN2OS/c1-4-7-14-16(20)19(11(2)10-21-3)15(18-14)12-8-5-6-9-13(12)17/h5-6,8-9,11,14-15,18H,4,7,10H2,1-3H3. The van der Waals surface area contributed by atoms with Crippen molar-refractivity contribution in [3.05, 3.63) is 35.6 Å². The predicted octanol–water partition coefficient (Wildman–Crippen LogP) is 3.18. The van der Waals surface area contributed by atoms with Gasteiger partial charge in [-0.05, 0) is 25.7 Å². The number of benzene rings is 1. The van der Waals surface area contributed by atoms with Crippen LogP contribution in [-0.2, 0) is 4.79 Å². The average Bonchev–Trinajstić information content (AvgIpc) is 2.77. The van der Waals surface area contributed by atoms with E-state index in [0.29, 0.717) is 5.56 Å². The monoisotopic (exact) mass is 310 g/mol. The van der Waals surface area contributed by atoms with Crippen molar-refractivity contribution >= 4 is 17.7 Å². The number of amides is 1. The molecule has 1 aliphatic heterocycles. The average molecular weight is 310 g/mol. The Morgan fingerprint density at radius 3 is 2.76 bits per heavy atom. The van der Waals surface area contributed by atoms with Crippen LogP contribution >= 0.6 is 11.8 Å². The summed E-state index contributed by atoms with van der Waals surface area (Å²) in [5.41, 5.74) is 0.553. The Balaban J connectivity index is 2.32. The molecule has 0 aliphatic carbocycles. The SMILES string of the molecule is CCCC1NC(c2ccccc2F)N(C(C)CSC)C1=O. The number of hydrogen-bond acceptors (Lipinski definition) is 3. The summed E-state index contributed by atoms with van der Waals surface area (Å²) in [6.45, 7) is 4.08. The molecule has 1 aliphatic rings. The summed E-state index contributed by atoms with van der Waals surface area (Å²) < 4.78 is 14.1. The Bertz CT molecular complexity index is 497. The summed E-state index contributed by atoms with van der Waals surface area (Å²) in [7, 11) is 0. The number of hydrogen-bond donors (Lipinski definition) is 1. The largest absolute Gasteiger partial charge is 0.318 e. The lowest BCUT2D eigenvalue weighted by Crippen LogP contribution is -2.40. The van der Waals surface area contributed by atoms with E-state index in [1.807, 2.05) is 24.1 Å². The Labute approximate surface area is 130 Å². The van der Waals surface area contributed by atoms with Crippen LogP contribution < -0.4 is 5.32 Å². The third-order valence-electron chi connectivity index (χ3n) is 3.85. The van der Waals surface area contributed by atoms with Gasteiger partial charge in [-0.1, -0.05) is 31.5 Å². The molecule has 1 N–H and O–H groups in total. The molecule has 0 aromatic heterocycles. The summed E-state index contributed by atoms with van der Waals surface area (Å²) in [6.07, 6.45) is 3.37. The number of rotatable bonds is 6. The quantitative estimate of drug-likeness (QED) is 0.876. The van der Waals surface area contributed by atoms with Crippen molar-refractivity contribution in [2.24, 2.45) is 0 Å². The van der Waals surface area contributed by atoms with Crippen LogP contribution in [0, 0.1) is 5.82 Å². The maximum atomic E-state index is 14.1. The van der Waals surface area contributed by atoms with Crippen LogP contribution in [0.25, 0.3) is 0 Å². The van der Waals surface area contributed by atoms with E-state index in [9.17, 15) is 9.18 Å². The number of carbonyl (C=O) groups excluding carboxylic acids is 1. The van der Waals surface area contributed by atoms with Crippen molar-refractivity contribution < 1.29 is 9.18 Å². The Morgan fingerprint density at radius 1 is 1.43 bits per heavy atom. The van der Waals surface area contributed by atoms with E-state index in [1.54, 1.807) is 23.9 Å². The summed E-state index contributed by atoms with van der Waals surface area (Å²) in [5.74, 6) is 0.671. The Kier molecular flexibility index (Phi) is 5.65. The normalized spacial score (nSPS) is 23.6. The van der Waals surface area contributed by atoms with Crippen LogP contribution in [-0.4, -0.2) is 34.9 Å². The summed E-state index contributed by atoms with van der Waals surface area (Å²) in [4.78, 5) is 14.5. The Hall–Kier alpha value is -1.07. The molecule has 116 valence electrons. The number of carbonyl (C=O) groups is 1. The molecule has 0 saturated carbocycles. The highest BCUT2D eigenvalue weighted by atomic mass is 32.2. The molecule has 1 amide bonds. The molecule has 1 aromatic carbocycles. The highest BCUT2D eigenvalue weighted by molar-refractivity contribution is 7.98. The minimum Gasteiger partial charge on any atom is -0.318 e. The molecule has 21 heavy (non-hydrogen) atoms. The first kappa shape index (κ1) is 16.3. The summed E-state index contributed by atoms with van der Waals surface area (Å²) in [5, 5.41) is 3.32. The van der Waals surface area contributed by atoms with Gasteiger partial charge in [-0.3, -0.25) is 10.1 Å². The highest BCUT2D eigenvalue weighted by Crippen LogP contribution is 2.31. The first-order valence-corrected chi connectivity index (χ1v) is 8.81. The molecule has 3 atom stereocenters. The second-order valence-corrected chi connectivity index (χ2v) is 6.39. The molecule has 3 unspecified atom stereocenters. The molecule has 2 rings (SSSR count). The van der Waals surface area contributed by atoms with Gasteiger partial charge in [0.1, 0.15) is 12.0 Å². The van der Waals surface area contributed by atoms with Crippen LogP contribution in [0.3, 0.4) is 0 Å². The maximum Gasteiger partial charge on any atom is 0.241 e. The van der Waals surface area contributed by atoms with Gasteiger partial charge in [-0.25, -0.2) is 4.39 Å². The van der Waals surface area contributed by atoms with Gasteiger partial charge in [0.25, 0.3) is 0 Å². The van der Waals surface area contributed by atoms with Crippen molar-refractivity contribution in [1.29, 1.82) is 0 Å². The van der Waals surface area contributed by atoms with E-state index in [-0.39, 0.29) is 30.0 Å². The van der Waals surface area contributed by atoms with Crippen LogP contribution in [0.4, 0.5) is 4.39 Å². The van der Waals surface area contributed by atoms with Gasteiger partial charge in [-0.2, -0.15) is 11.8 Å². The van der Waals surface area contributed by atoms with Gasteiger partial charge in [0.05, 0.1) is 6.04 Å². The van der Waals surface area contributed by atoms with E-state index in [4.69, 9.17) is 0 Å². The number of thioether (sulfide) groups is 1. The van der Waals surface area contributed by atoms with E-state index < -0.39 is 0 Å². The molecule has 0 radical (unpaired) electrons. The number of nitrogens with one attached hydrogen (secondary N) is 1. The third-order valence-corrected chi connectivity index (χ3v) is 4.67. The van der Waals surface area contributed by atoms with E-state index >= 15 is 0 Å². The minimum atomic E-state index is -0.364. The lowest BCUT2D eigenvalue weighted by Gasteiger charge is -2.30. The van der Waals surface area contributed by atoms with Gasteiger partial charge in [0.15, 0.2) is 0 Å². The first-order chi connectivity index (χ1) is 10.1. The fourth-order valence-corrected chi connectivity index (χ4v) is 3.52. The van der Waals surface area contributed by atoms with Gasteiger partial charge in [0.2, 0.25) is 5.91 Å². The second kappa shape index (κ2) is 7.27. The maximum absolute atomic E-state index is 14.1. The van der Waals surface area contributed by atoms with Crippen LogP contribution in [0.15, 0.2) is 24.3 Å². The summed E-state index contributed by atoms with van der Waals surface area (Å²) in [6, 6.07) is 6.57. The second-order valence-electron chi connectivity index (χ2n) is 5.48. The fraction of sp³-hybridized carbons (Fsp3) is 0.562. The van der Waals surface area contributed by atoms with Gasteiger partial charge >= 0.3 is 0 Å². The smallest absolute Gasteiger partial charge is 0.241 e. The molecule has 1 fully saturated rings. The van der Waals surface area contributed by atoms with Crippen molar-refractivity contribution in [3.63, 3.8) is 0 Å². The third kappa shape index (κ3) is 3.40. The molecule has 1 heterocycles. The van der Waals surface area contributed by atoms with E-state index in [1.165, 1.54) is 6.07 Å². The predicted molar refractivity (Wildman–Crippen MR) is 85.7 cm³/mol. The van der Waals surface area contributed by atoms with Crippen molar-refractivity contribution in [2.45, 2.75) is 44.9 Å². The fourth-order valence-electron chi connectivity index (χ4n) is 2.87. The van der Waals surface area contributed by atoms with Crippen molar-refractivity contribution in [1.82, 2.24) is 10.2 Å². The molecule has 1 aromatic rings. The number of nitrogens with zero attached hydrogens (tertiary/aromatic N) is 1. The molecule has 1 saturated heterocycles.